The smallest absolute Gasteiger partial charge is 0.326 e. The number of carboxylic acid groups (broad SMARTS) is 1. The molecule has 2 aromatic rings. The lowest BCUT2D eigenvalue weighted by molar-refractivity contribution is -0.142. The molecule has 3 atom stereocenters. The van der Waals surface area contributed by atoms with Crippen LogP contribution in [0.4, 0.5) is 0 Å². The lowest BCUT2D eigenvalue weighted by Crippen LogP contribution is -2.43. The highest BCUT2D eigenvalue weighted by molar-refractivity contribution is 7.09. The number of carbonyl (C=O) groups excluding carboxylic acids is 1. The normalized spacial score (nSPS) is 25.1. The van der Waals surface area contributed by atoms with Crippen molar-refractivity contribution in [2.75, 3.05) is 6.54 Å². The summed E-state index contributed by atoms with van der Waals surface area (Å²) in [6, 6.07) is 9.30. The number of carbonyl (C=O) groups is 2. The molecule has 1 N–H and O–H groups in total. The second kappa shape index (κ2) is 6.59. The second-order valence-electron chi connectivity index (χ2n) is 6.88. The van der Waals surface area contributed by atoms with Gasteiger partial charge < -0.3 is 10.0 Å². The number of thiazole rings is 1. The van der Waals surface area contributed by atoms with Crippen molar-refractivity contribution in [1.82, 2.24) is 9.88 Å². The van der Waals surface area contributed by atoms with Crippen LogP contribution in [0.15, 0.2) is 35.7 Å². The summed E-state index contributed by atoms with van der Waals surface area (Å²) in [6.45, 7) is 0.548. The molecule has 1 aliphatic carbocycles. The fourth-order valence-corrected chi connectivity index (χ4v) is 5.04. The van der Waals surface area contributed by atoms with Crippen LogP contribution >= 0.6 is 11.3 Å². The van der Waals surface area contributed by atoms with E-state index in [0.29, 0.717) is 24.6 Å². The molecule has 1 aromatic heterocycles. The van der Waals surface area contributed by atoms with Crippen LogP contribution in [-0.4, -0.2) is 39.5 Å². The molecule has 1 saturated heterocycles. The maximum Gasteiger partial charge on any atom is 0.326 e. The lowest BCUT2D eigenvalue weighted by atomic mass is 9.94. The van der Waals surface area contributed by atoms with Crippen LogP contribution in [0.3, 0.4) is 0 Å². The molecule has 0 radical (unpaired) electrons. The topological polar surface area (TPSA) is 70.5 Å². The number of carboxylic acids is 1. The minimum atomic E-state index is -0.887. The number of benzene rings is 1. The van der Waals surface area contributed by atoms with Crippen LogP contribution in [0.2, 0.25) is 0 Å². The van der Waals surface area contributed by atoms with Gasteiger partial charge in [0.15, 0.2) is 0 Å². The SMILES string of the molecule is O=C(O)C1C2CCCC2CN1C(=O)c1csc(Cc2ccccc2)n1. The van der Waals surface area contributed by atoms with E-state index < -0.39 is 12.0 Å². The van der Waals surface area contributed by atoms with Crippen LogP contribution in [0.1, 0.15) is 40.3 Å². The van der Waals surface area contributed by atoms with Crippen molar-refractivity contribution < 1.29 is 14.7 Å². The van der Waals surface area contributed by atoms with Crippen molar-refractivity contribution in [3.05, 3.63) is 52.0 Å². The highest BCUT2D eigenvalue weighted by Gasteiger charge is 2.49. The molecule has 3 unspecified atom stereocenters. The number of nitrogens with zero attached hydrogens (tertiary/aromatic N) is 2. The van der Waals surface area contributed by atoms with Gasteiger partial charge in [0.05, 0.1) is 5.01 Å². The van der Waals surface area contributed by atoms with Gasteiger partial charge in [0.25, 0.3) is 5.91 Å². The van der Waals surface area contributed by atoms with Gasteiger partial charge in [-0.1, -0.05) is 36.8 Å². The summed E-state index contributed by atoms with van der Waals surface area (Å²) in [4.78, 5) is 30.6. The van der Waals surface area contributed by atoms with E-state index in [9.17, 15) is 14.7 Å². The zero-order valence-electron chi connectivity index (χ0n) is 13.8. The Bertz CT molecular complexity index is 789. The fraction of sp³-hybridized carbons (Fsp3) is 0.421. The van der Waals surface area contributed by atoms with Crippen molar-refractivity contribution in [1.29, 1.82) is 0 Å². The number of likely N-dealkylation sites (tertiary alicyclic amines) is 1. The zero-order valence-corrected chi connectivity index (χ0v) is 14.6. The third kappa shape index (κ3) is 3.06. The van der Waals surface area contributed by atoms with E-state index in [-0.39, 0.29) is 11.8 Å². The Kier molecular flexibility index (Phi) is 4.29. The molecule has 4 rings (SSSR count). The summed E-state index contributed by atoms with van der Waals surface area (Å²) < 4.78 is 0. The van der Waals surface area contributed by atoms with Gasteiger partial charge in [-0.2, -0.15) is 0 Å². The molecular weight excluding hydrogens is 336 g/mol. The molecule has 1 amide bonds. The molecule has 0 spiro atoms. The monoisotopic (exact) mass is 356 g/mol. The Morgan fingerprint density at radius 3 is 2.80 bits per heavy atom. The molecule has 2 heterocycles. The molecular formula is C19H20N2O3S. The van der Waals surface area contributed by atoms with E-state index in [1.807, 2.05) is 30.3 Å². The number of amides is 1. The molecule has 130 valence electrons. The summed E-state index contributed by atoms with van der Waals surface area (Å²) >= 11 is 1.46. The zero-order chi connectivity index (χ0) is 17.4. The average molecular weight is 356 g/mol. The minimum absolute atomic E-state index is 0.101. The number of hydrogen-bond donors (Lipinski definition) is 1. The van der Waals surface area contributed by atoms with Gasteiger partial charge in [-0.15, -0.1) is 11.3 Å². The molecule has 1 aliphatic heterocycles. The minimum Gasteiger partial charge on any atom is -0.480 e. The van der Waals surface area contributed by atoms with Crippen LogP contribution in [0, 0.1) is 11.8 Å². The number of aliphatic carboxylic acids is 1. The van der Waals surface area contributed by atoms with Crippen molar-refractivity contribution in [2.24, 2.45) is 11.8 Å². The molecule has 1 saturated carbocycles. The van der Waals surface area contributed by atoms with Crippen molar-refractivity contribution in [2.45, 2.75) is 31.7 Å². The van der Waals surface area contributed by atoms with Crippen LogP contribution in [0.25, 0.3) is 0 Å². The number of aromatic nitrogens is 1. The molecule has 2 aliphatic rings. The fourth-order valence-electron chi connectivity index (χ4n) is 4.24. The first kappa shape index (κ1) is 16.3. The van der Waals surface area contributed by atoms with E-state index in [1.54, 1.807) is 5.38 Å². The van der Waals surface area contributed by atoms with Gasteiger partial charge in [-0.05, 0) is 30.2 Å². The molecule has 5 nitrogen and oxygen atoms in total. The van der Waals surface area contributed by atoms with E-state index in [1.165, 1.54) is 16.2 Å². The summed E-state index contributed by atoms with van der Waals surface area (Å²) in [5, 5.41) is 12.2. The predicted molar refractivity (Wildman–Crippen MR) is 94.7 cm³/mol. The first-order valence-electron chi connectivity index (χ1n) is 8.65. The molecule has 0 bridgehead atoms. The van der Waals surface area contributed by atoms with Gasteiger partial charge in [0, 0.05) is 18.3 Å². The van der Waals surface area contributed by atoms with E-state index >= 15 is 0 Å². The second-order valence-corrected chi connectivity index (χ2v) is 7.83. The van der Waals surface area contributed by atoms with Gasteiger partial charge in [0.2, 0.25) is 0 Å². The Hall–Kier alpha value is -2.21. The van der Waals surface area contributed by atoms with Gasteiger partial charge in [-0.25, -0.2) is 9.78 Å². The maximum absolute atomic E-state index is 12.9. The van der Waals surface area contributed by atoms with Crippen molar-refractivity contribution in [3.63, 3.8) is 0 Å². The highest BCUT2D eigenvalue weighted by Crippen LogP contribution is 2.42. The number of rotatable bonds is 4. The Balaban J connectivity index is 1.52. The van der Waals surface area contributed by atoms with Crippen LogP contribution in [-0.2, 0) is 11.2 Å². The van der Waals surface area contributed by atoms with Gasteiger partial charge >= 0.3 is 5.97 Å². The van der Waals surface area contributed by atoms with Crippen molar-refractivity contribution in [3.8, 4) is 0 Å². The molecule has 6 heteroatoms. The summed E-state index contributed by atoms with van der Waals surface area (Å²) in [6.07, 6.45) is 3.68. The number of fused-ring (bicyclic) bond motifs is 1. The first-order valence-corrected chi connectivity index (χ1v) is 9.53. The first-order chi connectivity index (χ1) is 12.1. The van der Waals surface area contributed by atoms with Crippen LogP contribution in [0.5, 0.6) is 0 Å². The van der Waals surface area contributed by atoms with Crippen molar-refractivity contribution >= 4 is 23.2 Å². The third-order valence-electron chi connectivity index (χ3n) is 5.37. The lowest BCUT2D eigenvalue weighted by Gasteiger charge is -2.23. The van der Waals surface area contributed by atoms with Gasteiger partial charge in [-0.3, -0.25) is 4.79 Å². The Morgan fingerprint density at radius 2 is 2.04 bits per heavy atom. The Labute approximate surface area is 150 Å². The summed E-state index contributed by atoms with van der Waals surface area (Å²) in [7, 11) is 0. The summed E-state index contributed by atoms with van der Waals surface area (Å²) in [5.74, 6) is -0.698. The molecule has 25 heavy (non-hydrogen) atoms. The summed E-state index contributed by atoms with van der Waals surface area (Å²) in [5.41, 5.74) is 1.53. The van der Waals surface area contributed by atoms with E-state index in [4.69, 9.17) is 0 Å². The average Bonchev–Trinajstić information content (AvgIpc) is 3.29. The predicted octanol–water partition coefficient (Wildman–Crippen LogP) is 3.06. The highest BCUT2D eigenvalue weighted by atomic mass is 32.1. The maximum atomic E-state index is 12.9. The largest absolute Gasteiger partial charge is 0.480 e. The Morgan fingerprint density at radius 1 is 1.24 bits per heavy atom. The quantitative estimate of drug-likeness (QED) is 0.914. The van der Waals surface area contributed by atoms with Gasteiger partial charge in [0.1, 0.15) is 11.7 Å². The third-order valence-corrected chi connectivity index (χ3v) is 6.22. The molecule has 2 fully saturated rings. The van der Waals surface area contributed by atoms with E-state index in [2.05, 4.69) is 4.98 Å². The van der Waals surface area contributed by atoms with Crippen LogP contribution < -0.4 is 0 Å². The standard InChI is InChI=1S/C19H20N2O3S/c22-18(21-10-13-7-4-8-14(13)17(21)19(23)24)15-11-25-16(20-15)9-12-5-2-1-3-6-12/h1-3,5-6,11,13-14,17H,4,7-10H2,(H,23,24). The van der Waals surface area contributed by atoms with E-state index in [0.717, 1.165) is 29.8 Å². The molecule has 1 aromatic carbocycles. The number of hydrogen-bond acceptors (Lipinski definition) is 4.